The fraction of sp³-hybridized carbons (Fsp3) is 0.647. The molecule has 138 valence electrons. The van der Waals surface area contributed by atoms with Gasteiger partial charge in [0.2, 0.25) is 10.0 Å². The summed E-state index contributed by atoms with van der Waals surface area (Å²) in [5.41, 5.74) is 0. The van der Waals surface area contributed by atoms with Crippen LogP contribution in [0.15, 0.2) is 29.2 Å². The molecule has 1 aliphatic heterocycles. The van der Waals surface area contributed by atoms with E-state index in [-0.39, 0.29) is 12.4 Å². The molecule has 24 heavy (non-hydrogen) atoms. The van der Waals surface area contributed by atoms with Gasteiger partial charge in [0, 0.05) is 13.1 Å². The van der Waals surface area contributed by atoms with Crippen LogP contribution in [0.2, 0.25) is 0 Å². The van der Waals surface area contributed by atoms with E-state index in [2.05, 4.69) is 12.2 Å². The van der Waals surface area contributed by atoms with Crippen molar-refractivity contribution in [2.24, 2.45) is 5.92 Å². The monoisotopic (exact) mass is 376 g/mol. The maximum absolute atomic E-state index is 12.7. The van der Waals surface area contributed by atoms with E-state index in [1.807, 2.05) is 6.92 Å². The smallest absolute Gasteiger partial charge is 0.243 e. The van der Waals surface area contributed by atoms with Crippen LogP contribution in [-0.2, 0) is 10.0 Å². The van der Waals surface area contributed by atoms with Crippen molar-refractivity contribution in [3.63, 3.8) is 0 Å². The molecule has 1 aromatic carbocycles. The molecule has 1 fully saturated rings. The first-order valence-electron chi connectivity index (χ1n) is 8.51. The minimum atomic E-state index is -3.39. The van der Waals surface area contributed by atoms with Gasteiger partial charge in [-0.15, -0.1) is 12.4 Å². The summed E-state index contributed by atoms with van der Waals surface area (Å²) in [6.45, 7) is 7.93. The third-order valence-electron chi connectivity index (χ3n) is 4.19. The molecule has 0 aliphatic carbocycles. The number of nitrogens with one attached hydrogen (secondary N) is 1. The van der Waals surface area contributed by atoms with Gasteiger partial charge in [-0.1, -0.05) is 13.8 Å². The lowest BCUT2D eigenvalue weighted by Gasteiger charge is -2.31. The van der Waals surface area contributed by atoms with E-state index < -0.39 is 10.0 Å². The molecule has 0 spiro atoms. The van der Waals surface area contributed by atoms with E-state index >= 15 is 0 Å². The lowest BCUT2D eigenvalue weighted by molar-refractivity contribution is 0.268. The lowest BCUT2D eigenvalue weighted by atomic mass is 9.98. The third-order valence-corrected chi connectivity index (χ3v) is 6.10. The Bertz CT molecular complexity index is 570. The van der Waals surface area contributed by atoms with Crippen LogP contribution in [-0.4, -0.2) is 45.5 Å². The first-order valence-corrected chi connectivity index (χ1v) is 9.95. The number of nitrogens with zero attached hydrogens (tertiary/aromatic N) is 1. The molecule has 7 heteroatoms. The predicted molar refractivity (Wildman–Crippen MR) is 99.5 cm³/mol. The maximum atomic E-state index is 12.7. The van der Waals surface area contributed by atoms with Crippen molar-refractivity contribution in [2.75, 3.05) is 32.8 Å². The van der Waals surface area contributed by atoms with E-state index in [1.165, 1.54) is 0 Å². The molecule has 5 nitrogen and oxygen atoms in total. The Kier molecular flexibility index (Phi) is 9.05. The van der Waals surface area contributed by atoms with Crippen molar-refractivity contribution in [1.82, 2.24) is 9.62 Å². The van der Waals surface area contributed by atoms with E-state index in [9.17, 15) is 8.42 Å². The van der Waals surface area contributed by atoms with Gasteiger partial charge in [0.1, 0.15) is 5.75 Å². The predicted octanol–water partition coefficient (Wildman–Crippen LogP) is 2.91. The van der Waals surface area contributed by atoms with Crippen LogP contribution >= 0.6 is 12.4 Å². The summed E-state index contributed by atoms with van der Waals surface area (Å²) in [5.74, 6) is 1.29. The second-order valence-electron chi connectivity index (χ2n) is 5.98. The zero-order valence-electron chi connectivity index (χ0n) is 14.5. The molecule has 1 saturated heterocycles. The van der Waals surface area contributed by atoms with Crippen LogP contribution in [0.25, 0.3) is 0 Å². The van der Waals surface area contributed by atoms with Crippen LogP contribution in [0, 0.1) is 5.92 Å². The molecule has 0 unspecified atom stereocenters. The van der Waals surface area contributed by atoms with E-state index in [0.29, 0.717) is 30.5 Å². The number of halogens is 1. The van der Waals surface area contributed by atoms with E-state index in [4.69, 9.17) is 4.74 Å². The normalized spacial score (nSPS) is 16.6. The summed E-state index contributed by atoms with van der Waals surface area (Å²) < 4.78 is 32.5. The highest BCUT2D eigenvalue weighted by molar-refractivity contribution is 7.89. The molecule has 2 rings (SSSR count). The van der Waals surface area contributed by atoms with E-state index in [0.717, 1.165) is 38.1 Å². The minimum Gasteiger partial charge on any atom is -0.494 e. The van der Waals surface area contributed by atoms with Gasteiger partial charge in [0.25, 0.3) is 0 Å². The fourth-order valence-corrected chi connectivity index (χ4v) is 4.25. The summed E-state index contributed by atoms with van der Waals surface area (Å²) >= 11 is 0. The number of piperidine rings is 1. The van der Waals surface area contributed by atoms with Gasteiger partial charge in [0.15, 0.2) is 0 Å². The van der Waals surface area contributed by atoms with Gasteiger partial charge in [-0.2, -0.15) is 4.31 Å². The number of benzene rings is 1. The summed E-state index contributed by atoms with van der Waals surface area (Å²) in [7, 11) is -3.39. The molecule has 1 heterocycles. The zero-order valence-corrected chi connectivity index (χ0v) is 16.2. The summed E-state index contributed by atoms with van der Waals surface area (Å²) in [4.78, 5) is 0.353. The van der Waals surface area contributed by atoms with Crippen LogP contribution in [0.3, 0.4) is 0 Å². The summed E-state index contributed by atoms with van der Waals surface area (Å²) in [6, 6.07) is 6.76. The average Bonchev–Trinajstić information content (AvgIpc) is 2.59. The molecule has 0 radical (unpaired) electrons. The zero-order chi connectivity index (χ0) is 16.7. The standard InChI is InChI=1S/C17H28N2O3S.ClH/c1-3-13-22-16-5-7-17(8-6-16)23(20,21)19-11-9-15(10-12-19)14-18-4-2;/h5-8,15,18H,3-4,9-14H2,1-2H3;1H. The SMILES string of the molecule is CCCOc1ccc(S(=O)(=O)N2CCC(CNCC)CC2)cc1.Cl. The maximum Gasteiger partial charge on any atom is 0.243 e. The van der Waals surface area contributed by atoms with Crippen molar-refractivity contribution >= 4 is 22.4 Å². The molecule has 1 N–H and O–H groups in total. The first kappa shape index (κ1) is 21.2. The highest BCUT2D eigenvalue weighted by Crippen LogP contribution is 2.24. The van der Waals surface area contributed by atoms with Gasteiger partial charge in [-0.25, -0.2) is 8.42 Å². The van der Waals surface area contributed by atoms with Crippen molar-refractivity contribution < 1.29 is 13.2 Å². The Hall–Kier alpha value is -0.820. The van der Waals surface area contributed by atoms with Crippen LogP contribution in [0.4, 0.5) is 0 Å². The van der Waals surface area contributed by atoms with Gasteiger partial charge in [-0.05, 0) is 62.5 Å². The number of sulfonamides is 1. The van der Waals surface area contributed by atoms with Gasteiger partial charge in [-0.3, -0.25) is 0 Å². The average molecular weight is 377 g/mol. The molecule has 0 amide bonds. The highest BCUT2D eigenvalue weighted by Gasteiger charge is 2.29. The van der Waals surface area contributed by atoms with Gasteiger partial charge < -0.3 is 10.1 Å². The molecule has 0 saturated carbocycles. The second-order valence-corrected chi connectivity index (χ2v) is 7.91. The van der Waals surface area contributed by atoms with Crippen molar-refractivity contribution in [1.29, 1.82) is 0 Å². The molecular formula is C17H29ClN2O3S. The number of hydrogen-bond donors (Lipinski definition) is 1. The van der Waals surface area contributed by atoms with Crippen molar-refractivity contribution in [3.8, 4) is 5.75 Å². The Morgan fingerprint density at radius 1 is 1.17 bits per heavy atom. The quantitative estimate of drug-likeness (QED) is 0.757. The third kappa shape index (κ3) is 5.62. The molecule has 0 bridgehead atoms. The second kappa shape index (κ2) is 10.2. The topological polar surface area (TPSA) is 58.6 Å². The van der Waals surface area contributed by atoms with Crippen LogP contribution in [0.5, 0.6) is 5.75 Å². The lowest BCUT2D eigenvalue weighted by Crippen LogP contribution is -2.40. The van der Waals surface area contributed by atoms with Gasteiger partial charge in [0.05, 0.1) is 11.5 Å². The Morgan fingerprint density at radius 2 is 1.79 bits per heavy atom. The number of rotatable bonds is 8. The van der Waals surface area contributed by atoms with E-state index in [1.54, 1.807) is 28.6 Å². The molecule has 1 aliphatic rings. The Balaban J connectivity index is 0.00000288. The Labute approximate surface area is 152 Å². The summed E-state index contributed by atoms with van der Waals surface area (Å²) in [6.07, 6.45) is 2.77. The minimum absolute atomic E-state index is 0. The van der Waals surface area contributed by atoms with Gasteiger partial charge >= 0.3 is 0 Å². The fourth-order valence-electron chi connectivity index (χ4n) is 2.78. The van der Waals surface area contributed by atoms with Crippen molar-refractivity contribution in [2.45, 2.75) is 38.0 Å². The molecular weight excluding hydrogens is 348 g/mol. The number of ether oxygens (including phenoxy) is 1. The first-order chi connectivity index (χ1) is 11.1. The summed E-state index contributed by atoms with van der Waals surface area (Å²) in [5, 5.41) is 3.34. The largest absolute Gasteiger partial charge is 0.494 e. The molecule has 0 aromatic heterocycles. The Morgan fingerprint density at radius 3 is 2.33 bits per heavy atom. The highest BCUT2D eigenvalue weighted by atomic mass is 35.5. The van der Waals surface area contributed by atoms with Crippen LogP contribution in [0.1, 0.15) is 33.1 Å². The van der Waals surface area contributed by atoms with Crippen LogP contribution < -0.4 is 10.1 Å². The van der Waals surface area contributed by atoms with Crippen molar-refractivity contribution in [3.05, 3.63) is 24.3 Å². The molecule has 1 aromatic rings. The number of hydrogen-bond acceptors (Lipinski definition) is 4. The molecule has 0 atom stereocenters.